The van der Waals surface area contributed by atoms with Crippen molar-refractivity contribution >= 4 is 16.9 Å². The number of nitrogens with zero attached hydrogens (tertiary/aromatic N) is 4. The zero-order valence-corrected chi connectivity index (χ0v) is 17.9. The second-order valence-electron chi connectivity index (χ2n) is 7.47. The van der Waals surface area contributed by atoms with Gasteiger partial charge in [-0.15, -0.1) is 0 Å². The van der Waals surface area contributed by atoms with E-state index in [-0.39, 0.29) is 18.8 Å². The number of hydrogen-bond acceptors (Lipinski definition) is 5. The molecule has 4 rings (SSSR count). The largest absolute Gasteiger partial charge is 0.435 e. The summed E-state index contributed by atoms with van der Waals surface area (Å²) in [6, 6.07) is 10.2. The molecule has 0 aliphatic carbocycles. The molecular weight excluding hydrogens is 454 g/mol. The molecule has 34 heavy (non-hydrogen) atoms. The standard InChI is InChI=1S/C22H21F4N7O/c23-15-4-3-8-28-18(15)12-29-21(34)14-13-33(32-20(14)22(24,25)26)11-10-27-9-7-19-30-16-5-1-2-6-17(16)31-19/h1-6,8,13,27H,7,9-12H2,(H,29,34)(H,30,31). The molecule has 0 unspecified atom stereocenters. The van der Waals surface area contributed by atoms with Crippen molar-refractivity contribution in [1.29, 1.82) is 0 Å². The van der Waals surface area contributed by atoms with Gasteiger partial charge in [0.1, 0.15) is 11.6 Å². The van der Waals surface area contributed by atoms with Crippen molar-refractivity contribution in [2.45, 2.75) is 25.7 Å². The van der Waals surface area contributed by atoms with E-state index < -0.39 is 29.2 Å². The number of amides is 1. The van der Waals surface area contributed by atoms with Gasteiger partial charge in [0.05, 0.1) is 35.4 Å². The minimum Gasteiger partial charge on any atom is -0.346 e. The van der Waals surface area contributed by atoms with Gasteiger partial charge in [0.25, 0.3) is 5.91 Å². The molecule has 4 aromatic rings. The fourth-order valence-electron chi connectivity index (χ4n) is 3.37. The summed E-state index contributed by atoms with van der Waals surface area (Å²) in [4.78, 5) is 23.8. The molecular formula is C22H21F4N7O. The van der Waals surface area contributed by atoms with Gasteiger partial charge in [-0.25, -0.2) is 9.37 Å². The molecule has 0 saturated heterocycles. The van der Waals surface area contributed by atoms with Crippen molar-refractivity contribution in [3.8, 4) is 0 Å². The third kappa shape index (κ3) is 5.57. The predicted octanol–water partition coefficient (Wildman–Crippen LogP) is 3.07. The Morgan fingerprint density at radius 2 is 1.94 bits per heavy atom. The molecule has 1 aromatic carbocycles. The highest BCUT2D eigenvalue weighted by molar-refractivity contribution is 5.95. The molecule has 3 N–H and O–H groups in total. The van der Waals surface area contributed by atoms with Crippen molar-refractivity contribution in [3.05, 3.63) is 77.4 Å². The van der Waals surface area contributed by atoms with E-state index in [0.29, 0.717) is 19.5 Å². The summed E-state index contributed by atoms with van der Waals surface area (Å²) in [5.74, 6) is -0.875. The average Bonchev–Trinajstić information content (AvgIpc) is 3.42. The van der Waals surface area contributed by atoms with Crippen LogP contribution in [-0.2, 0) is 25.7 Å². The molecule has 0 bridgehead atoms. The monoisotopic (exact) mass is 475 g/mol. The van der Waals surface area contributed by atoms with Crippen molar-refractivity contribution in [2.75, 3.05) is 13.1 Å². The third-order valence-electron chi connectivity index (χ3n) is 5.02. The molecule has 0 fully saturated rings. The van der Waals surface area contributed by atoms with E-state index in [1.807, 2.05) is 24.3 Å². The van der Waals surface area contributed by atoms with Gasteiger partial charge in [0.2, 0.25) is 0 Å². The molecule has 0 radical (unpaired) electrons. The van der Waals surface area contributed by atoms with Crippen LogP contribution in [0.2, 0.25) is 0 Å². The highest BCUT2D eigenvalue weighted by Gasteiger charge is 2.39. The SMILES string of the molecule is O=C(NCc1ncccc1F)c1cn(CCNCCc2nc3ccccc3[nH]2)nc1C(F)(F)F. The Morgan fingerprint density at radius 1 is 1.12 bits per heavy atom. The normalized spacial score (nSPS) is 11.8. The number of carbonyl (C=O) groups excluding carboxylic acids is 1. The van der Waals surface area contributed by atoms with E-state index in [1.54, 1.807) is 0 Å². The van der Waals surface area contributed by atoms with Gasteiger partial charge in [-0.2, -0.15) is 18.3 Å². The topological polar surface area (TPSA) is 101 Å². The number of fused-ring (bicyclic) bond motifs is 1. The maximum absolute atomic E-state index is 13.7. The zero-order valence-electron chi connectivity index (χ0n) is 17.9. The van der Waals surface area contributed by atoms with Gasteiger partial charge in [-0.1, -0.05) is 12.1 Å². The number of para-hydroxylation sites is 2. The van der Waals surface area contributed by atoms with Gasteiger partial charge in [0, 0.05) is 31.9 Å². The summed E-state index contributed by atoms with van der Waals surface area (Å²) in [5.41, 5.74) is -0.207. The second kappa shape index (κ2) is 10.00. The molecule has 0 aliphatic heterocycles. The smallest absolute Gasteiger partial charge is 0.346 e. The Bertz CT molecular complexity index is 1250. The van der Waals surface area contributed by atoms with Crippen LogP contribution in [0.5, 0.6) is 0 Å². The Labute approximate surface area is 191 Å². The summed E-state index contributed by atoms with van der Waals surface area (Å²) >= 11 is 0. The molecule has 178 valence electrons. The zero-order chi connectivity index (χ0) is 24.1. The molecule has 3 aromatic heterocycles. The van der Waals surface area contributed by atoms with Crippen LogP contribution in [0.1, 0.15) is 27.6 Å². The van der Waals surface area contributed by atoms with Crippen LogP contribution in [0.4, 0.5) is 17.6 Å². The number of pyridine rings is 1. The van der Waals surface area contributed by atoms with Gasteiger partial charge >= 0.3 is 6.18 Å². The minimum atomic E-state index is -4.82. The van der Waals surface area contributed by atoms with Crippen LogP contribution in [-0.4, -0.2) is 43.7 Å². The Morgan fingerprint density at radius 3 is 2.71 bits per heavy atom. The minimum absolute atomic E-state index is 0.0783. The van der Waals surface area contributed by atoms with E-state index in [0.717, 1.165) is 33.8 Å². The summed E-state index contributed by atoms with van der Waals surface area (Å²) in [7, 11) is 0. The maximum Gasteiger partial charge on any atom is 0.435 e. The number of imidazole rings is 1. The molecule has 12 heteroatoms. The molecule has 0 spiro atoms. The van der Waals surface area contributed by atoms with Crippen LogP contribution in [0.3, 0.4) is 0 Å². The lowest BCUT2D eigenvalue weighted by atomic mass is 10.2. The molecule has 0 saturated carbocycles. The molecule has 8 nitrogen and oxygen atoms in total. The summed E-state index contributed by atoms with van der Waals surface area (Å²) in [5, 5.41) is 8.93. The number of nitrogens with one attached hydrogen (secondary N) is 3. The molecule has 3 heterocycles. The van der Waals surface area contributed by atoms with Crippen molar-refractivity contribution < 1.29 is 22.4 Å². The first-order valence-electron chi connectivity index (χ1n) is 10.5. The lowest BCUT2D eigenvalue weighted by molar-refractivity contribution is -0.141. The summed E-state index contributed by atoms with van der Waals surface area (Å²) in [6.07, 6.45) is -1.85. The fourth-order valence-corrected chi connectivity index (χ4v) is 3.37. The van der Waals surface area contributed by atoms with Crippen molar-refractivity contribution in [1.82, 2.24) is 35.4 Å². The first-order chi connectivity index (χ1) is 16.3. The van der Waals surface area contributed by atoms with E-state index >= 15 is 0 Å². The first kappa shape index (κ1) is 23.4. The van der Waals surface area contributed by atoms with Gasteiger partial charge in [-0.3, -0.25) is 14.5 Å². The van der Waals surface area contributed by atoms with Crippen LogP contribution >= 0.6 is 0 Å². The number of halogens is 4. The maximum atomic E-state index is 13.7. The van der Waals surface area contributed by atoms with Gasteiger partial charge in [0.15, 0.2) is 5.69 Å². The van der Waals surface area contributed by atoms with Gasteiger partial charge < -0.3 is 15.6 Å². The molecule has 0 aliphatic rings. The highest BCUT2D eigenvalue weighted by Crippen LogP contribution is 2.30. The van der Waals surface area contributed by atoms with E-state index in [2.05, 4.69) is 30.7 Å². The third-order valence-corrected chi connectivity index (χ3v) is 5.02. The average molecular weight is 475 g/mol. The van der Waals surface area contributed by atoms with Crippen LogP contribution in [0.15, 0.2) is 48.8 Å². The second-order valence-corrected chi connectivity index (χ2v) is 7.47. The lowest BCUT2D eigenvalue weighted by Gasteiger charge is -2.07. The number of aromatic amines is 1. The number of carbonyl (C=O) groups is 1. The van der Waals surface area contributed by atoms with E-state index in [1.165, 1.54) is 12.3 Å². The number of alkyl halides is 3. The van der Waals surface area contributed by atoms with Crippen LogP contribution in [0, 0.1) is 5.82 Å². The van der Waals surface area contributed by atoms with Crippen molar-refractivity contribution in [2.24, 2.45) is 0 Å². The summed E-state index contributed by atoms with van der Waals surface area (Å²) in [6.45, 7) is 0.651. The number of H-pyrrole nitrogens is 1. The number of hydrogen-bond donors (Lipinski definition) is 3. The van der Waals surface area contributed by atoms with E-state index in [4.69, 9.17) is 0 Å². The number of aromatic nitrogens is 5. The predicted molar refractivity (Wildman–Crippen MR) is 115 cm³/mol. The van der Waals surface area contributed by atoms with Crippen LogP contribution < -0.4 is 10.6 Å². The number of rotatable bonds is 9. The summed E-state index contributed by atoms with van der Waals surface area (Å²) < 4.78 is 55.0. The molecule has 0 atom stereocenters. The van der Waals surface area contributed by atoms with Gasteiger partial charge in [-0.05, 0) is 24.3 Å². The first-order valence-corrected chi connectivity index (χ1v) is 10.5. The lowest BCUT2D eigenvalue weighted by Crippen LogP contribution is -2.26. The van der Waals surface area contributed by atoms with Crippen molar-refractivity contribution in [3.63, 3.8) is 0 Å². The Hall–Kier alpha value is -3.80. The highest BCUT2D eigenvalue weighted by atomic mass is 19.4. The Balaban J connectivity index is 1.32. The number of benzene rings is 1. The fraction of sp³-hybridized carbons (Fsp3) is 0.273. The Kier molecular flexibility index (Phi) is 6.87. The van der Waals surface area contributed by atoms with E-state index in [9.17, 15) is 22.4 Å². The van der Waals surface area contributed by atoms with Crippen LogP contribution in [0.25, 0.3) is 11.0 Å². The molecule has 1 amide bonds. The quantitative estimate of drug-likeness (QED) is 0.255.